The summed E-state index contributed by atoms with van der Waals surface area (Å²) in [5, 5.41) is 13.9. The zero-order valence-corrected chi connectivity index (χ0v) is 15.9. The summed E-state index contributed by atoms with van der Waals surface area (Å²) in [4.78, 5) is 23.0. The number of anilines is 1. The van der Waals surface area contributed by atoms with Crippen molar-refractivity contribution >= 4 is 27.6 Å². The molecule has 0 aliphatic heterocycles. The lowest BCUT2D eigenvalue weighted by Crippen LogP contribution is -2.32. The minimum Gasteiger partial charge on any atom is -0.480 e. The minimum absolute atomic E-state index is 0.0287. The number of aliphatic carboxylic acids is 1. The van der Waals surface area contributed by atoms with E-state index in [1.807, 2.05) is 0 Å². The molecule has 1 amide bonds. The number of methoxy groups -OCH3 is 1. The number of amides is 1. The quantitative estimate of drug-likeness (QED) is 0.475. The number of carboxylic acid groups (broad SMARTS) is 1. The van der Waals surface area contributed by atoms with Crippen LogP contribution in [0.2, 0.25) is 0 Å². The largest absolute Gasteiger partial charge is 0.480 e. The highest BCUT2D eigenvalue weighted by Crippen LogP contribution is 2.23. The first-order chi connectivity index (χ1) is 12.3. The van der Waals surface area contributed by atoms with E-state index in [2.05, 4.69) is 10.6 Å². The minimum atomic E-state index is -3.75. The van der Waals surface area contributed by atoms with Gasteiger partial charge in [-0.2, -0.15) is 4.31 Å². The van der Waals surface area contributed by atoms with Crippen molar-refractivity contribution in [2.75, 3.05) is 45.2 Å². The third kappa shape index (κ3) is 5.68. The molecular weight excluding hydrogens is 362 g/mol. The van der Waals surface area contributed by atoms with E-state index in [1.165, 1.54) is 29.6 Å². The second-order valence-corrected chi connectivity index (χ2v) is 7.23. The van der Waals surface area contributed by atoms with Crippen molar-refractivity contribution in [3.8, 4) is 0 Å². The molecule has 1 rings (SSSR count). The van der Waals surface area contributed by atoms with Gasteiger partial charge in [0.2, 0.25) is 10.0 Å². The predicted octanol–water partition coefficient (Wildman–Crippen LogP) is 0.590. The van der Waals surface area contributed by atoms with Crippen LogP contribution >= 0.6 is 0 Å². The molecule has 0 saturated carbocycles. The standard InChI is InChI=1S/C16H25N3O6S/c1-4-19(5-2)26(23,24)12-6-7-14(17-8-9-25-3)13(10-12)16(22)18-11-15(20)21/h6-7,10,17H,4-5,8-9,11H2,1-3H3,(H,18,22)(H,20,21). The van der Waals surface area contributed by atoms with Crippen LogP contribution in [-0.4, -0.2) is 69.6 Å². The van der Waals surface area contributed by atoms with Gasteiger partial charge in [0.1, 0.15) is 6.54 Å². The van der Waals surface area contributed by atoms with Crippen LogP contribution in [0.3, 0.4) is 0 Å². The molecule has 9 nitrogen and oxygen atoms in total. The first kappa shape index (κ1) is 21.9. The highest BCUT2D eigenvalue weighted by Gasteiger charge is 2.24. The molecule has 1 aromatic carbocycles. The summed E-state index contributed by atoms with van der Waals surface area (Å²) < 4.78 is 31.5. The SMILES string of the molecule is CCN(CC)S(=O)(=O)c1ccc(NCCOC)c(C(=O)NCC(=O)O)c1. The van der Waals surface area contributed by atoms with Gasteiger partial charge in [-0.05, 0) is 18.2 Å². The highest BCUT2D eigenvalue weighted by atomic mass is 32.2. The van der Waals surface area contributed by atoms with Gasteiger partial charge in [0, 0.05) is 32.4 Å². The molecule has 0 aromatic heterocycles. The Morgan fingerprint density at radius 1 is 1.23 bits per heavy atom. The Hall–Kier alpha value is -2.17. The lowest BCUT2D eigenvalue weighted by Gasteiger charge is -2.20. The van der Waals surface area contributed by atoms with Crippen LogP contribution in [0, 0.1) is 0 Å². The summed E-state index contributed by atoms with van der Waals surface area (Å²) in [6, 6.07) is 4.15. The monoisotopic (exact) mass is 387 g/mol. The topological polar surface area (TPSA) is 125 Å². The van der Waals surface area contributed by atoms with Gasteiger partial charge < -0.3 is 20.5 Å². The van der Waals surface area contributed by atoms with Crippen molar-refractivity contribution in [3.05, 3.63) is 23.8 Å². The molecule has 26 heavy (non-hydrogen) atoms. The van der Waals surface area contributed by atoms with Crippen LogP contribution in [0.1, 0.15) is 24.2 Å². The summed E-state index contributed by atoms with van der Waals surface area (Å²) in [5.74, 6) is -1.87. The Morgan fingerprint density at radius 2 is 1.88 bits per heavy atom. The fraction of sp³-hybridized carbons (Fsp3) is 0.500. The fourth-order valence-corrected chi connectivity index (χ4v) is 3.76. The van der Waals surface area contributed by atoms with Gasteiger partial charge in [-0.15, -0.1) is 0 Å². The maximum Gasteiger partial charge on any atom is 0.322 e. The van der Waals surface area contributed by atoms with E-state index >= 15 is 0 Å². The fourth-order valence-electron chi connectivity index (χ4n) is 2.28. The number of carbonyl (C=O) groups excluding carboxylic acids is 1. The number of hydrogen-bond donors (Lipinski definition) is 3. The summed E-state index contributed by atoms with van der Waals surface area (Å²) in [7, 11) is -2.22. The first-order valence-electron chi connectivity index (χ1n) is 8.14. The summed E-state index contributed by atoms with van der Waals surface area (Å²) >= 11 is 0. The van der Waals surface area contributed by atoms with Crippen LogP contribution in [-0.2, 0) is 19.6 Å². The molecule has 0 unspecified atom stereocenters. The van der Waals surface area contributed by atoms with Crippen LogP contribution in [0.5, 0.6) is 0 Å². The smallest absolute Gasteiger partial charge is 0.322 e. The number of hydrogen-bond acceptors (Lipinski definition) is 6. The van der Waals surface area contributed by atoms with Gasteiger partial charge in [0.25, 0.3) is 5.91 Å². The maximum atomic E-state index is 12.7. The Bertz CT molecular complexity index is 732. The van der Waals surface area contributed by atoms with Gasteiger partial charge in [-0.3, -0.25) is 9.59 Å². The molecule has 0 spiro atoms. The number of nitrogens with zero attached hydrogens (tertiary/aromatic N) is 1. The van der Waals surface area contributed by atoms with E-state index in [0.29, 0.717) is 31.9 Å². The predicted molar refractivity (Wildman–Crippen MR) is 96.9 cm³/mol. The van der Waals surface area contributed by atoms with Crippen LogP contribution < -0.4 is 10.6 Å². The summed E-state index contributed by atoms with van der Waals surface area (Å²) in [6.45, 7) is 4.27. The van der Waals surface area contributed by atoms with Crippen molar-refractivity contribution in [2.24, 2.45) is 0 Å². The average molecular weight is 387 g/mol. The van der Waals surface area contributed by atoms with Crippen LogP contribution in [0.4, 0.5) is 5.69 Å². The van der Waals surface area contributed by atoms with E-state index in [0.717, 1.165) is 0 Å². The third-order valence-electron chi connectivity index (χ3n) is 3.60. The second kappa shape index (κ2) is 10.1. The molecule has 0 aliphatic rings. The Morgan fingerprint density at radius 3 is 2.42 bits per heavy atom. The van der Waals surface area contributed by atoms with E-state index in [1.54, 1.807) is 13.8 Å². The van der Waals surface area contributed by atoms with Crippen LogP contribution in [0.15, 0.2) is 23.1 Å². The number of sulfonamides is 1. The van der Waals surface area contributed by atoms with E-state index in [4.69, 9.17) is 9.84 Å². The molecule has 1 aromatic rings. The van der Waals surface area contributed by atoms with Gasteiger partial charge in [0.15, 0.2) is 0 Å². The Balaban J connectivity index is 3.26. The lowest BCUT2D eigenvalue weighted by molar-refractivity contribution is -0.135. The van der Waals surface area contributed by atoms with Crippen molar-refractivity contribution in [1.82, 2.24) is 9.62 Å². The van der Waals surface area contributed by atoms with E-state index in [9.17, 15) is 18.0 Å². The number of carbonyl (C=O) groups is 2. The molecule has 0 heterocycles. The molecule has 0 fully saturated rings. The van der Waals surface area contributed by atoms with Crippen molar-refractivity contribution < 1.29 is 27.9 Å². The Labute approximate surface area is 153 Å². The lowest BCUT2D eigenvalue weighted by atomic mass is 10.1. The van der Waals surface area contributed by atoms with Gasteiger partial charge in [-0.25, -0.2) is 8.42 Å². The number of carboxylic acids is 1. The second-order valence-electron chi connectivity index (χ2n) is 5.29. The molecule has 146 valence electrons. The first-order valence-corrected chi connectivity index (χ1v) is 9.58. The van der Waals surface area contributed by atoms with E-state index in [-0.39, 0.29) is 10.5 Å². The van der Waals surface area contributed by atoms with Crippen molar-refractivity contribution in [3.63, 3.8) is 0 Å². The molecule has 0 radical (unpaired) electrons. The molecule has 0 saturated heterocycles. The average Bonchev–Trinajstić information content (AvgIpc) is 2.60. The third-order valence-corrected chi connectivity index (χ3v) is 5.65. The van der Waals surface area contributed by atoms with Crippen LogP contribution in [0.25, 0.3) is 0 Å². The molecule has 0 atom stereocenters. The summed E-state index contributed by atoms with van der Waals surface area (Å²) in [5.41, 5.74) is 0.444. The number of rotatable bonds is 11. The molecular formula is C16H25N3O6S. The van der Waals surface area contributed by atoms with Gasteiger partial charge >= 0.3 is 5.97 Å². The molecule has 0 bridgehead atoms. The number of benzene rings is 1. The number of nitrogens with one attached hydrogen (secondary N) is 2. The zero-order chi connectivity index (χ0) is 19.7. The normalized spacial score (nSPS) is 11.4. The van der Waals surface area contributed by atoms with Gasteiger partial charge in [0.05, 0.1) is 17.1 Å². The van der Waals surface area contributed by atoms with E-state index < -0.39 is 28.4 Å². The zero-order valence-electron chi connectivity index (χ0n) is 15.1. The summed E-state index contributed by atoms with van der Waals surface area (Å²) in [6.07, 6.45) is 0. The van der Waals surface area contributed by atoms with Crippen molar-refractivity contribution in [1.29, 1.82) is 0 Å². The Kier molecular flexibility index (Phi) is 8.49. The molecule has 3 N–H and O–H groups in total. The highest BCUT2D eigenvalue weighted by molar-refractivity contribution is 7.89. The van der Waals surface area contributed by atoms with Crippen molar-refractivity contribution in [2.45, 2.75) is 18.7 Å². The molecule has 10 heteroatoms. The maximum absolute atomic E-state index is 12.7. The van der Waals surface area contributed by atoms with Gasteiger partial charge in [-0.1, -0.05) is 13.8 Å². The molecule has 0 aliphatic carbocycles. The number of ether oxygens (including phenoxy) is 1.